The highest BCUT2D eigenvalue weighted by atomic mass is 19.2. The first-order chi connectivity index (χ1) is 17.0. The summed E-state index contributed by atoms with van der Waals surface area (Å²) in [6, 6.07) is 4.22. The molecule has 6 rings (SSSR count). The minimum absolute atomic E-state index is 0.0440. The maximum Gasteiger partial charge on any atom is 0.244 e. The second-order valence-corrected chi connectivity index (χ2v) is 9.25. The number of aryl methyl sites for hydroxylation is 1. The number of nitrogens with one attached hydrogen (secondary N) is 1. The Kier molecular flexibility index (Phi) is 5.37. The minimum atomic E-state index is -1.48. The normalized spacial score (nSPS) is 23.4. The Hall–Kier alpha value is -3.57. The van der Waals surface area contributed by atoms with Crippen molar-refractivity contribution in [1.29, 1.82) is 0 Å². The van der Waals surface area contributed by atoms with Crippen molar-refractivity contribution in [1.82, 2.24) is 24.7 Å². The molecule has 2 fully saturated rings. The van der Waals surface area contributed by atoms with E-state index in [4.69, 9.17) is 4.74 Å². The van der Waals surface area contributed by atoms with Gasteiger partial charge >= 0.3 is 0 Å². The van der Waals surface area contributed by atoms with Gasteiger partial charge in [0.05, 0.1) is 12.8 Å². The Morgan fingerprint density at radius 3 is 2.60 bits per heavy atom. The van der Waals surface area contributed by atoms with Crippen LogP contribution in [-0.2, 0) is 6.54 Å². The molecule has 3 atom stereocenters. The molecule has 3 aromatic rings. The van der Waals surface area contributed by atoms with Gasteiger partial charge in [0.25, 0.3) is 0 Å². The van der Waals surface area contributed by atoms with Crippen LogP contribution in [0.5, 0.6) is 5.88 Å². The molecule has 1 N–H and O–H groups in total. The Labute approximate surface area is 199 Å². The van der Waals surface area contributed by atoms with Gasteiger partial charge in [-0.05, 0) is 43.2 Å². The molecule has 2 aromatic heterocycles. The Bertz CT molecular complexity index is 1240. The van der Waals surface area contributed by atoms with Gasteiger partial charge in [-0.25, -0.2) is 27.8 Å². The Morgan fingerprint density at radius 2 is 1.83 bits per heavy atom. The van der Waals surface area contributed by atoms with Crippen LogP contribution in [0, 0.1) is 29.3 Å². The highest BCUT2D eigenvalue weighted by Crippen LogP contribution is 2.40. The lowest BCUT2D eigenvalue weighted by Gasteiger charge is -2.38. The van der Waals surface area contributed by atoms with Crippen LogP contribution < -0.4 is 19.9 Å². The van der Waals surface area contributed by atoms with Crippen molar-refractivity contribution in [3.63, 3.8) is 0 Å². The monoisotopic (exact) mass is 486 g/mol. The van der Waals surface area contributed by atoms with Crippen LogP contribution in [0.15, 0.2) is 24.5 Å². The van der Waals surface area contributed by atoms with Gasteiger partial charge in [-0.2, -0.15) is 4.98 Å². The molecule has 1 aliphatic carbocycles. The molecule has 1 saturated carbocycles. The summed E-state index contributed by atoms with van der Waals surface area (Å²) in [5.41, 5.74) is -0.0440. The third kappa shape index (κ3) is 3.80. The number of piperidine rings is 1. The minimum Gasteiger partial charge on any atom is -0.481 e. The molecule has 4 heterocycles. The predicted molar refractivity (Wildman–Crippen MR) is 122 cm³/mol. The van der Waals surface area contributed by atoms with E-state index >= 15 is 0 Å². The van der Waals surface area contributed by atoms with Crippen molar-refractivity contribution >= 4 is 23.4 Å². The van der Waals surface area contributed by atoms with Crippen LogP contribution in [0.2, 0.25) is 0 Å². The summed E-state index contributed by atoms with van der Waals surface area (Å²) in [6.45, 7) is 2.74. The first-order valence-electron chi connectivity index (χ1n) is 11.7. The number of nitrogens with zero attached hydrogens (tertiary/aromatic N) is 7. The zero-order valence-corrected chi connectivity index (χ0v) is 19.2. The molecule has 2 bridgehead atoms. The first kappa shape index (κ1) is 21.9. The molecule has 0 unspecified atom stereocenters. The van der Waals surface area contributed by atoms with Crippen LogP contribution >= 0.6 is 0 Å². The van der Waals surface area contributed by atoms with Crippen molar-refractivity contribution in [2.24, 2.45) is 11.8 Å². The van der Waals surface area contributed by atoms with Gasteiger partial charge in [0.2, 0.25) is 17.8 Å². The average Bonchev–Trinajstić information content (AvgIpc) is 3.38. The standard InChI is InChI=1S/C23H25F3N8O/c1-35-18-9-17(27-12-28-18)32-10-13-3-4-14(11-32)21(13)29-22-30-23-33(7-2-8-34(23)31-22)16-6-5-15(24)19(25)20(16)26/h5-6,9,12-14,21H,2-4,7-8,10-11H2,1H3,(H,29,31)/t13-,14+,21+. The van der Waals surface area contributed by atoms with E-state index in [2.05, 4.69) is 30.3 Å². The molecule has 0 amide bonds. The molecule has 1 saturated heterocycles. The van der Waals surface area contributed by atoms with Gasteiger partial charge in [0.15, 0.2) is 17.5 Å². The fourth-order valence-corrected chi connectivity index (χ4v) is 5.58. The van der Waals surface area contributed by atoms with E-state index in [-0.39, 0.29) is 11.7 Å². The van der Waals surface area contributed by atoms with E-state index in [1.807, 2.05) is 6.07 Å². The summed E-state index contributed by atoms with van der Waals surface area (Å²) in [5.74, 6) is -0.871. The van der Waals surface area contributed by atoms with Gasteiger partial charge in [-0.1, -0.05) is 0 Å². The SMILES string of the molecule is COc1cc(N2C[C@H]3CC[C@@H](C2)[C@H]3Nc2nc3n(n2)CCCN3c2ccc(F)c(F)c2F)ncn1. The number of hydrogen-bond donors (Lipinski definition) is 1. The van der Waals surface area contributed by atoms with Crippen LogP contribution in [0.4, 0.5) is 36.6 Å². The molecular formula is C23H25F3N8O. The van der Waals surface area contributed by atoms with Gasteiger partial charge in [0.1, 0.15) is 12.1 Å². The lowest BCUT2D eigenvalue weighted by atomic mass is 9.92. The summed E-state index contributed by atoms with van der Waals surface area (Å²) >= 11 is 0. The summed E-state index contributed by atoms with van der Waals surface area (Å²) < 4.78 is 48.8. The zero-order valence-electron chi connectivity index (χ0n) is 19.2. The Balaban J connectivity index is 1.21. The van der Waals surface area contributed by atoms with E-state index in [1.165, 1.54) is 12.4 Å². The van der Waals surface area contributed by atoms with Crippen molar-refractivity contribution in [3.05, 3.63) is 42.0 Å². The lowest BCUT2D eigenvalue weighted by molar-refractivity contribution is 0.372. The number of rotatable bonds is 5. The molecule has 9 nitrogen and oxygen atoms in total. The maximum atomic E-state index is 14.5. The Morgan fingerprint density at radius 1 is 1.03 bits per heavy atom. The number of hydrogen-bond acceptors (Lipinski definition) is 8. The van der Waals surface area contributed by atoms with Crippen LogP contribution in [-0.4, -0.2) is 57.5 Å². The third-order valence-corrected chi connectivity index (χ3v) is 7.24. The van der Waals surface area contributed by atoms with E-state index in [0.717, 1.165) is 37.8 Å². The van der Waals surface area contributed by atoms with Crippen molar-refractivity contribution < 1.29 is 17.9 Å². The smallest absolute Gasteiger partial charge is 0.244 e. The summed E-state index contributed by atoms with van der Waals surface area (Å²) in [5, 5.41) is 8.12. The summed E-state index contributed by atoms with van der Waals surface area (Å²) in [6.07, 6.45) is 4.36. The number of anilines is 4. The summed E-state index contributed by atoms with van der Waals surface area (Å²) in [7, 11) is 1.59. The van der Waals surface area contributed by atoms with E-state index in [0.29, 0.717) is 49.1 Å². The highest BCUT2D eigenvalue weighted by molar-refractivity contribution is 5.60. The molecule has 184 valence electrons. The van der Waals surface area contributed by atoms with Gasteiger partial charge < -0.3 is 19.9 Å². The fourth-order valence-electron chi connectivity index (χ4n) is 5.58. The quantitative estimate of drug-likeness (QED) is 0.550. The molecular weight excluding hydrogens is 461 g/mol. The zero-order chi connectivity index (χ0) is 24.1. The number of halogens is 3. The van der Waals surface area contributed by atoms with Crippen LogP contribution in [0.1, 0.15) is 19.3 Å². The number of benzene rings is 1. The highest BCUT2D eigenvalue weighted by Gasteiger charge is 2.43. The van der Waals surface area contributed by atoms with E-state index < -0.39 is 17.5 Å². The van der Waals surface area contributed by atoms with Crippen LogP contribution in [0.25, 0.3) is 0 Å². The maximum absolute atomic E-state index is 14.5. The number of fused-ring (bicyclic) bond motifs is 3. The molecule has 0 radical (unpaired) electrons. The number of methoxy groups -OCH3 is 1. The molecule has 2 aliphatic heterocycles. The van der Waals surface area contributed by atoms with Crippen molar-refractivity contribution in [3.8, 4) is 5.88 Å². The molecule has 3 aliphatic rings. The second-order valence-electron chi connectivity index (χ2n) is 9.25. The predicted octanol–water partition coefficient (Wildman–Crippen LogP) is 3.36. The average molecular weight is 487 g/mol. The molecule has 35 heavy (non-hydrogen) atoms. The molecule has 12 heteroatoms. The third-order valence-electron chi connectivity index (χ3n) is 7.24. The van der Waals surface area contributed by atoms with Gasteiger partial charge in [-0.15, -0.1) is 5.10 Å². The van der Waals surface area contributed by atoms with Gasteiger partial charge in [0, 0.05) is 38.3 Å². The topological polar surface area (TPSA) is 84.2 Å². The number of ether oxygens (including phenoxy) is 1. The lowest BCUT2D eigenvalue weighted by Crippen LogP contribution is -2.48. The summed E-state index contributed by atoms with van der Waals surface area (Å²) in [4.78, 5) is 17.0. The van der Waals surface area contributed by atoms with Crippen molar-refractivity contribution in [2.75, 3.05) is 41.9 Å². The second kappa shape index (κ2) is 8.58. The first-order valence-corrected chi connectivity index (χ1v) is 11.7. The van der Waals surface area contributed by atoms with E-state index in [9.17, 15) is 13.2 Å². The largest absolute Gasteiger partial charge is 0.481 e. The van der Waals surface area contributed by atoms with Crippen LogP contribution in [0.3, 0.4) is 0 Å². The van der Waals surface area contributed by atoms with Gasteiger partial charge in [-0.3, -0.25) is 0 Å². The van der Waals surface area contributed by atoms with Crippen molar-refractivity contribution in [2.45, 2.75) is 31.8 Å². The fraction of sp³-hybridized carbons (Fsp3) is 0.478. The molecule has 1 aromatic carbocycles. The molecule has 0 spiro atoms. The number of aromatic nitrogens is 5. The van der Waals surface area contributed by atoms with E-state index in [1.54, 1.807) is 16.7 Å².